The minimum atomic E-state index is 0.0553. The van der Waals surface area contributed by atoms with Crippen LogP contribution in [0.2, 0.25) is 0 Å². The van der Waals surface area contributed by atoms with Gasteiger partial charge in [-0.3, -0.25) is 4.79 Å². The second-order valence-electron chi connectivity index (χ2n) is 3.81. The Morgan fingerprint density at radius 1 is 1.39 bits per heavy atom. The van der Waals surface area contributed by atoms with Crippen LogP contribution in [0.15, 0.2) is 24.3 Å². The summed E-state index contributed by atoms with van der Waals surface area (Å²) in [6.45, 7) is 0.994. The zero-order chi connectivity index (χ0) is 13.2. The first-order chi connectivity index (χ1) is 8.76. The van der Waals surface area contributed by atoms with Crippen LogP contribution in [-0.2, 0) is 4.79 Å². The van der Waals surface area contributed by atoms with Crippen molar-refractivity contribution in [3.8, 4) is 5.75 Å². The molecule has 0 fully saturated rings. The molecule has 0 atom stereocenters. The monoisotopic (exact) mass is 268 g/mol. The summed E-state index contributed by atoms with van der Waals surface area (Å²) < 4.78 is 5.35. The number of nitrogens with two attached hydrogens (primary N) is 1. The number of amides is 1. The lowest BCUT2D eigenvalue weighted by atomic mass is 10.2. The molecule has 0 heterocycles. The predicted molar refractivity (Wildman–Crippen MR) is 77.2 cm³/mol. The van der Waals surface area contributed by atoms with Crippen LogP contribution in [0.3, 0.4) is 0 Å². The minimum Gasteiger partial charge on any atom is -0.492 e. The fourth-order valence-electron chi connectivity index (χ4n) is 1.41. The van der Waals surface area contributed by atoms with E-state index in [0.717, 1.165) is 23.6 Å². The Balaban J connectivity index is 2.35. The maximum Gasteiger partial charge on any atom is 0.224 e. The highest BCUT2D eigenvalue weighted by atomic mass is 32.2. The lowest BCUT2D eigenvalue weighted by Crippen LogP contribution is -2.12. The minimum absolute atomic E-state index is 0.0553. The molecule has 1 rings (SSSR count). The van der Waals surface area contributed by atoms with Gasteiger partial charge in [-0.2, -0.15) is 11.8 Å². The number of ether oxygens (including phenoxy) is 1. The molecule has 0 unspecified atom stereocenters. The summed E-state index contributed by atoms with van der Waals surface area (Å²) in [5.41, 5.74) is 6.14. The Morgan fingerprint density at radius 2 is 2.11 bits per heavy atom. The molecule has 5 heteroatoms. The zero-order valence-electron chi connectivity index (χ0n) is 10.6. The van der Waals surface area contributed by atoms with Crippen LogP contribution in [0.5, 0.6) is 5.75 Å². The second-order valence-corrected chi connectivity index (χ2v) is 4.79. The predicted octanol–water partition coefficient (Wildman–Crippen LogP) is 2.11. The lowest BCUT2D eigenvalue weighted by Gasteiger charge is -2.07. The maximum atomic E-state index is 11.6. The average Bonchev–Trinajstić information content (AvgIpc) is 2.38. The van der Waals surface area contributed by atoms with Crippen LogP contribution in [0.1, 0.15) is 12.8 Å². The molecule has 0 aliphatic carbocycles. The fourth-order valence-corrected chi connectivity index (χ4v) is 1.84. The third-order valence-corrected chi connectivity index (χ3v) is 2.97. The topological polar surface area (TPSA) is 64.3 Å². The van der Waals surface area contributed by atoms with E-state index in [1.54, 1.807) is 11.8 Å². The first-order valence-electron chi connectivity index (χ1n) is 5.98. The van der Waals surface area contributed by atoms with Crippen molar-refractivity contribution in [3.05, 3.63) is 24.3 Å². The normalized spacial score (nSPS) is 10.1. The van der Waals surface area contributed by atoms with Gasteiger partial charge in [-0.1, -0.05) is 0 Å². The number of thioether (sulfide) groups is 1. The molecule has 0 aromatic heterocycles. The molecule has 0 saturated heterocycles. The van der Waals surface area contributed by atoms with E-state index >= 15 is 0 Å². The van der Waals surface area contributed by atoms with Crippen molar-refractivity contribution in [3.63, 3.8) is 0 Å². The smallest absolute Gasteiger partial charge is 0.224 e. The number of hydrogen-bond donors (Lipinski definition) is 2. The van der Waals surface area contributed by atoms with Crippen LogP contribution in [0.4, 0.5) is 5.69 Å². The van der Waals surface area contributed by atoms with E-state index < -0.39 is 0 Å². The van der Waals surface area contributed by atoms with Gasteiger partial charge in [0.05, 0.1) is 0 Å². The Hall–Kier alpha value is -1.20. The summed E-state index contributed by atoms with van der Waals surface area (Å²) in [6, 6.07) is 7.32. The molecule has 0 radical (unpaired) electrons. The Morgan fingerprint density at radius 3 is 2.72 bits per heavy atom. The van der Waals surface area contributed by atoms with Crippen molar-refractivity contribution in [2.24, 2.45) is 5.73 Å². The first-order valence-corrected chi connectivity index (χ1v) is 7.37. The third-order valence-electron chi connectivity index (χ3n) is 2.28. The number of rotatable bonds is 8. The van der Waals surface area contributed by atoms with Gasteiger partial charge in [-0.15, -0.1) is 0 Å². The highest BCUT2D eigenvalue weighted by Gasteiger charge is 2.02. The van der Waals surface area contributed by atoms with Crippen LogP contribution in [0, 0.1) is 0 Å². The van der Waals surface area contributed by atoms with Gasteiger partial charge in [-0.05, 0) is 42.7 Å². The van der Waals surface area contributed by atoms with Gasteiger partial charge in [0.2, 0.25) is 5.91 Å². The average molecular weight is 268 g/mol. The summed E-state index contributed by atoms with van der Waals surface area (Å²) in [7, 11) is 0. The SMILES string of the molecule is CSCCCC(=O)Nc1ccc(OCCN)cc1. The van der Waals surface area contributed by atoms with E-state index in [1.165, 1.54) is 0 Å². The van der Waals surface area contributed by atoms with E-state index in [4.69, 9.17) is 10.5 Å². The highest BCUT2D eigenvalue weighted by Crippen LogP contribution is 2.15. The molecule has 1 amide bonds. The Kier molecular flexibility index (Phi) is 7.29. The third kappa shape index (κ3) is 5.93. The maximum absolute atomic E-state index is 11.6. The number of carbonyl (C=O) groups is 1. The molecular formula is C13H20N2O2S. The fraction of sp³-hybridized carbons (Fsp3) is 0.462. The van der Waals surface area contributed by atoms with Crippen LogP contribution in [-0.4, -0.2) is 31.1 Å². The summed E-state index contributed by atoms with van der Waals surface area (Å²) in [4.78, 5) is 11.6. The van der Waals surface area contributed by atoms with Gasteiger partial charge in [0.1, 0.15) is 12.4 Å². The number of nitrogens with one attached hydrogen (secondary N) is 1. The van der Waals surface area contributed by atoms with Crippen molar-refractivity contribution < 1.29 is 9.53 Å². The van der Waals surface area contributed by atoms with Gasteiger partial charge in [-0.25, -0.2) is 0 Å². The Labute approximate surface area is 112 Å². The molecule has 0 bridgehead atoms. The number of benzene rings is 1. The van der Waals surface area contributed by atoms with E-state index in [-0.39, 0.29) is 5.91 Å². The molecule has 0 spiro atoms. The molecule has 18 heavy (non-hydrogen) atoms. The summed E-state index contributed by atoms with van der Waals surface area (Å²) in [6.07, 6.45) is 3.51. The largest absolute Gasteiger partial charge is 0.492 e. The van der Waals surface area contributed by atoms with Crippen molar-refractivity contribution in [1.82, 2.24) is 0 Å². The molecule has 100 valence electrons. The van der Waals surface area contributed by atoms with E-state index in [2.05, 4.69) is 5.32 Å². The van der Waals surface area contributed by atoms with Crippen molar-refractivity contribution >= 4 is 23.4 Å². The molecule has 1 aromatic rings. The molecule has 3 N–H and O–H groups in total. The van der Waals surface area contributed by atoms with Gasteiger partial charge >= 0.3 is 0 Å². The van der Waals surface area contributed by atoms with Crippen LogP contribution < -0.4 is 15.8 Å². The van der Waals surface area contributed by atoms with Crippen LogP contribution >= 0.6 is 11.8 Å². The summed E-state index contributed by atoms with van der Waals surface area (Å²) in [5, 5.41) is 2.86. The van der Waals surface area contributed by atoms with Crippen LogP contribution in [0.25, 0.3) is 0 Å². The summed E-state index contributed by atoms with van der Waals surface area (Å²) >= 11 is 1.75. The summed E-state index contributed by atoms with van der Waals surface area (Å²) in [5.74, 6) is 1.83. The number of carbonyl (C=O) groups excluding carboxylic acids is 1. The van der Waals surface area contributed by atoms with Gasteiger partial charge in [0, 0.05) is 18.7 Å². The Bertz CT molecular complexity index is 355. The van der Waals surface area contributed by atoms with E-state index in [9.17, 15) is 4.79 Å². The van der Waals surface area contributed by atoms with Gasteiger partial charge < -0.3 is 15.8 Å². The van der Waals surface area contributed by atoms with Crippen molar-refractivity contribution in [2.75, 3.05) is 30.5 Å². The van der Waals surface area contributed by atoms with E-state index in [1.807, 2.05) is 30.5 Å². The molecule has 1 aromatic carbocycles. The molecule has 0 aliphatic heterocycles. The quantitative estimate of drug-likeness (QED) is 0.709. The van der Waals surface area contributed by atoms with Crippen molar-refractivity contribution in [2.45, 2.75) is 12.8 Å². The molecule has 0 saturated carbocycles. The molecular weight excluding hydrogens is 248 g/mol. The first kappa shape index (κ1) is 14.9. The second kappa shape index (κ2) is 8.83. The zero-order valence-corrected chi connectivity index (χ0v) is 11.5. The van der Waals surface area contributed by atoms with Crippen molar-refractivity contribution in [1.29, 1.82) is 0 Å². The van der Waals surface area contributed by atoms with E-state index in [0.29, 0.717) is 19.6 Å². The molecule has 4 nitrogen and oxygen atoms in total. The van der Waals surface area contributed by atoms with Gasteiger partial charge in [0.15, 0.2) is 0 Å². The standard InChI is InChI=1S/C13H20N2O2S/c1-18-10-2-3-13(16)15-11-4-6-12(7-5-11)17-9-8-14/h4-7H,2-3,8-10,14H2,1H3,(H,15,16). The highest BCUT2D eigenvalue weighted by molar-refractivity contribution is 7.98. The van der Waals surface area contributed by atoms with Gasteiger partial charge in [0.25, 0.3) is 0 Å². The lowest BCUT2D eigenvalue weighted by molar-refractivity contribution is -0.116. The number of anilines is 1. The number of hydrogen-bond acceptors (Lipinski definition) is 4. The molecule has 0 aliphatic rings.